The van der Waals surface area contributed by atoms with Crippen LogP contribution in [0, 0.1) is 18.3 Å². The molecule has 4 nitrogen and oxygen atoms in total. The number of nitriles is 1. The topological polar surface area (TPSA) is 44.3 Å². The average Bonchev–Trinajstić information content (AvgIpc) is 2.93. The maximum absolute atomic E-state index is 9.52. The van der Waals surface area contributed by atoms with Gasteiger partial charge in [-0.1, -0.05) is 12.1 Å². The summed E-state index contributed by atoms with van der Waals surface area (Å²) in [7, 11) is 0. The van der Waals surface area contributed by atoms with Gasteiger partial charge < -0.3 is 4.90 Å². The third-order valence-electron chi connectivity index (χ3n) is 3.90. The second-order valence-corrected chi connectivity index (χ2v) is 6.05. The molecule has 0 aliphatic rings. The second-order valence-electron chi connectivity index (χ2n) is 5.30. The smallest absolute Gasteiger partial charge is 0.157 e. The Kier molecular flexibility index (Phi) is 4.61. The summed E-state index contributed by atoms with van der Waals surface area (Å²) >= 11 is 11.9. The number of halogens is 2. The number of pyridine rings is 1. The fourth-order valence-electron chi connectivity index (χ4n) is 2.85. The summed E-state index contributed by atoms with van der Waals surface area (Å²) in [6.45, 7) is 3.30. The highest BCUT2D eigenvalue weighted by molar-refractivity contribution is 6.18. The first-order valence-electron chi connectivity index (χ1n) is 7.39. The van der Waals surface area contributed by atoms with E-state index in [4.69, 9.17) is 23.2 Å². The quantitative estimate of drug-likeness (QED) is 0.657. The largest absolute Gasteiger partial charge is 0.355 e. The average molecular weight is 347 g/mol. The van der Waals surface area contributed by atoms with E-state index in [2.05, 4.69) is 16.0 Å². The number of rotatable bonds is 5. The van der Waals surface area contributed by atoms with Crippen LogP contribution in [0.1, 0.15) is 11.1 Å². The Morgan fingerprint density at radius 1 is 1.22 bits per heavy atom. The molecule has 0 aliphatic carbocycles. The lowest BCUT2D eigenvalue weighted by Gasteiger charge is -2.25. The molecule has 0 saturated heterocycles. The van der Waals surface area contributed by atoms with Crippen LogP contribution < -0.4 is 4.90 Å². The molecule has 0 N–H and O–H groups in total. The molecule has 0 unspecified atom stereocenters. The normalized spacial score (nSPS) is 11.0. The monoisotopic (exact) mass is 346 g/mol. The highest BCUT2D eigenvalue weighted by Gasteiger charge is 2.18. The van der Waals surface area contributed by atoms with Crippen LogP contribution in [-0.4, -0.2) is 34.2 Å². The molecule has 0 amide bonds. The summed E-state index contributed by atoms with van der Waals surface area (Å²) in [6.07, 6.45) is 0. The summed E-state index contributed by atoms with van der Waals surface area (Å²) < 4.78 is 2.03. The van der Waals surface area contributed by atoms with Crippen molar-refractivity contribution in [1.82, 2.24) is 9.38 Å². The van der Waals surface area contributed by atoms with Crippen LogP contribution in [0.3, 0.4) is 0 Å². The molecule has 0 fully saturated rings. The van der Waals surface area contributed by atoms with Gasteiger partial charge in [0.1, 0.15) is 11.9 Å². The summed E-state index contributed by atoms with van der Waals surface area (Å²) in [5.41, 5.74) is 4.02. The van der Waals surface area contributed by atoms with Gasteiger partial charge in [0.15, 0.2) is 5.65 Å². The van der Waals surface area contributed by atoms with Gasteiger partial charge in [0.25, 0.3) is 0 Å². The van der Waals surface area contributed by atoms with Gasteiger partial charge in [-0.15, -0.1) is 23.2 Å². The number of para-hydroxylation sites is 2. The molecule has 118 valence electrons. The molecule has 0 radical (unpaired) electrons. The zero-order chi connectivity index (χ0) is 16.4. The third kappa shape index (κ3) is 2.71. The van der Waals surface area contributed by atoms with Gasteiger partial charge in [-0.05, 0) is 30.7 Å². The van der Waals surface area contributed by atoms with Gasteiger partial charge >= 0.3 is 0 Å². The second kappa shape index (κ2) is 6.66. The van der Waals surface area contributed by atoms with Gasteiger partial charge in [0, 0.05) is 24.8 Å². The number of aryl methyl sites for hydroxylation is 1. The zero-order valence-electron chi connectivity index (χ0n) is 12.8. The minimum atomic E-state index is 0.504. The molecule has 0 aliphatic heterocycles. The molecule has 0 spiro atoms. The highest BCUT2D eigenvalue weighted by Crippen LogP contribution is 2.28. The number of imidazole rings is 1. The number of anilines is 1. The first-order chi connectivity index (χ1) is 11.2. The molecule has 0 saturated carbocycles. The number of nitrogens with zero attached hydrogens (tertiary/aromatic N) is 4. The fraction of sp³-hybridized carbons (Fsp3) is 0.294. The predicted octanol–water partition coefficient (Wildman–Crippen LogP) is 3.95. The Morgan fingerprint density at radius 2 is 1.91 bits per heavy atom. The maximum Gasteiger partial charge on any atom is 0.157 e. The predicted molar refractivity (Wildman–Crippen MR) is 95.8 cm³/mol. The first kappa shape index (κ1) is 15.9. The Balaban J connectivity index is 2.39. The molecule has 6 heteroatoms. The highest BCUT2D eigenvalue weighted by atomic mass is 35.5. The van der Waals surface area contributed by atoms with E-state index in [-0.39, 0.29) is 0 Å². The van der Waals surface area contributed by atoms with Crippen LogP contribution >= 0.6 is 23.2 Å². The van der Waals surface area contributed by atoms with Crippen LogP contribution in [0.4, 0.5) is 5.82 Å². The van der Waals surface area contributed by atoms with Crippen molar-refractivity contribution in [2.24, 2.45) is 0 Å². The number of alkyl halides is 2. The number of hydrogen-bond acceptors (Lipinski definition) is 3. The Morgan fingerprint density at radius 3 is 2.57 bits per heavy atom. The van der Waals surface area contributed by atoms with E-state index in [9.17, 15) is 5.26 Å². The van der Waals surface area contributed by atoms with Crippen LogP contribution in [0.15, 0.2) is 30.3 Å². The van der Waals surface area contributed by atoms with Gasteiger partial charge in [-0.3, -0.25) is 4.40 Å². The SMILES string of the molecule is Cc1cc(N(CCCl)CCCl)n2c(nc3ccccc32)c1C#N. The van der Waals surface area contributed by atoms with Crippen LogP contribution in [0.5, 0.6) is 0 Å². The van der Waals surface area contributed by atoms with Crippen molar-refractivity contribution in [1.29, 1.82) is 5.26 Å². The summed E-state index contributed by atoms with van der Waals surface area (Å²) in [5, 5.41) is 9.52. The summed E-state index contributed by atoms with van der Waals surface area (Å²) in [4.78, 5) is 6.79. The van der Waals surface area contributed by atoms with E-state index in [1.807, 2.05) is 41.7 Å². The Labute approximate surface area is 144 Å². The van der Waals surface area contributed by atoms with Gasteiger partial charge in [-0.2, -0.15) is 5.26 Å². The van der Waals surface area contributed by atoms with Crippen molar-refractivity contribution < 1.29 is 0 Å². The van der Waals surface area contributed by atoms with Crippen molar-refractivity contribution >= 4 is 45.7 Å². The minimum Gasteiger partial charge on any atom is -0.355 e. The van der Waals surface area contributed by atoms with E-state index in [0.717, 1.165) is 22.4 Å². The first-order valence-corrected chi connectivity index (χ1v) is 8.46. The van der Waals surface area contributed by atoms with Crippen molar-refractivity contribution in [3.63, 3.8) is 0 Å². The number of hydrogen-bond donors (Lipinski definition) is 0. The molecule has 2 aromatic heterocycles. The lowest BCUT2D eigenvalue weighted by atomic mass is 10.1. The Bertz CT molecular complexity index is 889. The number of fused-ring (bicyclic) bond motifs is 3. The molecule has 3 aromatic rings. The van der Waals surface area contributed by atoms with Crippen molar-refractivity contribution in [2.45, 2.75) is 6.92 Å². The van der Waals surface area contributed by atoms with E-state index < -0.39 is 0 Å². The summed E-state index contributed by atoms with van der Waals surface area (Å²) in [6, 6.07) is 12.2. The molecule has 23 heavy (non-hydrogen) atoms. The summed E-state index contributed by atoms with van der Waals surface area (Å²) in [5.74, 6) is 1.97. The van der Waals surface area contributed by atoms with Crippen molar-refractivity contribution in [3.05, 3.63) is 41.5 Å². The maximum atomic E-state index is 9.52. The van der Waals surface area contributed by atoms with Crippen LogP contribution in [0.2, 0.25) is 0 Å². The standard InChI is InChI=1S/C17H16Cl2N4/c1-12-10-16(22(8-6-18)9-7-19)23-15-5-3-2-4-14(15)21-17(23)13(12)11-20/h2-5,10H,6-9H2,1H3. The minimum absolute atomic E-state index is 0.504. The molecule has 0 bridgehead atoms. The van der Waals surface area contributed by atoms with Crippen molar-refractivity contribution in [2.75, 3.05) is 29.7 Å². The molecule has 1 aromatic carbocycles. The van der Waals surface area contributed by atoms with Gasteiger partial charge in [-0.25, -0.2) is 4.98 Å². The third-order valence-corrected chi connectivity index (χ3v) is 4.24. The number of benzene rings is 1. The van der Waals surface area contributed by atoms with E-state index in [0.29, 0.717) is 36.1 Å². The molecular formula is C17H16Cl2N4. The molecule has 2 heterocycles. The van der Waals surface area contributed by atoms with Crippen molar-refractivity contribution in [3.8, 4) is 6.07 Å². The molecule has 3 rings (SSSR count). The van der Waals surface area contributed by atoms with Crippen LogP contribution in [0.25, 0.3) is 16.7 Å². The zero-order valence-corrected chi connectivity index (χ0v) is 14.3. The Hall–Kier alpha value is -1.96. The van der Waals surface area contributed by atoms with Gasteiger partial charge in [0.05, 0.1) is 16.6 Å². The lowest BCUT2D eigenvalue weighted by Crippen LogP contribution is -2.29. The van der Waals surface area contributed by atoms with Gasteiger partial charge in [0.2, 0.25) is 0 Å². The van der Waals surface area contributed by atoms with E-state index in [1.54, 1.807) is 0 Å². The van der Waals surface area contributed by atoms with E-state index >= 15 is 0 Å². The fourth-order valence-corrected chi connectivity index (χ4v) is 3.26. The molecule has 0 atom stereocenters. The van der Waals surface area contributed by atoms with E-state index in [1.165, 1.54) is 0 Å². The lowest BCUT2D eigenvalue weighted by molar-refractivity contribution is 0.844. The van der Waals surface area contributed by atoms with Crippen LogP contribution in [-0.2, 0) is 0 Å². The number of aromatic nitrogens is 2. The molecular weight excluding hydrogens is 331 g/mol.